The predicted molar refractivity (Wildman–Crippen MR) is 47.5 cm³/mol. The summed E-state index contributed by atoms with van der Waals surface area (Å²) in [5.41, 5.74) is -0.256. The highest BCUT2D eigenvalue weighted by Crippen LogP contribution is 2.32. The number of carbonyl (C=O) groups is 2. The maximum absolute atomic E-state index is 13.0. The molecule has 0 saturated carbocycles. The van der Waals surface area contributed by atoms with Crippen LogP contribution in [0.2, 0.25) is 0 Å². The normalized spacial score (nSPS) is 13.8. The highest BCUT2D eigenvalue weighted by molar-refractivity contribution is 6.00. The molecule has 0 bridgehead atoms. The minimum Gasteiger partial charge on any atom is -0.481 e. The molecule has 0 spiro atoms. The van der Waals surface area contributed by atoms with Crippen molar-refractivity contribution in [2.45, 2.75) is 0 Å². The Balaban J connectivity index is 2.58. The Bertz CT molecular complexity index is 458. The molecule has 1 heterocycles. The summed E-state index contributed by atoms with van der Waals surface area (Å²) >= 11 is 0. The molecule has 0 aromatic heterocycles. The second-order valence-corrected chi connectivity index (χ2v) is 2.97. The van der Waals surface area contributed by atoms with Gasteiger partial charge in [-0.1, -0.05) is 0 Å². The van der Waals surface area contributed by atoms with E-state index in [1.165, 1.54) is 0 Å². The van der Waals surface area contributed by atoms with Crippen LogP contribution in [0.3, 0.4) is 0 Å². The third kappa shape index (κ3) is 1.61. The molecule has 2 rings (SSSR count). The molecule has 0 aliphatic carbocycles. The lowest BCUT2D eigenvalue weighted by molar-refractivity contribution is -0.118. The van der Waals surface area contributed by atoms with Crippen molar-refractivity contribution in [2.75, 3.05) is 11.9 Å². The number of nitrogens with one attached hydrogen (secondary N) is 1. The minimum atomic E-state index is -1.30. The molecule has 1 aromatic rings. The molecular formula is C9H6FNO4. The summed E-state index contributed by atoms with van der Waals surface area (Å²) < 4.78 is 17.9. The van der Waals surface area contributed by atoms with Gasteiger partial charge in [-0.15, -0.1) is 0 Å². The van der Waals surface area contributed by atoms with Crippen LogP contribution >= 0.6 is 0 Å². The summed E-state index contributed by atoms with van der Waals surface area (Å²) in [6, 6.07) is 1.86. The molecule has 1 aliphatic heterocycles. The van der Waals surface area contributed by atoms with E-state index in [9.17, 15) is 14.0 Å². The van der Waals surface area contributed by atoms with Gasteiger partial charge in [0.25, 0.3) is 5.91 Å². The predicted octanol–water partition coefficient (Wildman–Crippen LogP) is 0.855. The topological polar surface area (TPSA) is 75.6 Å². The van der Waals surface area contributed by atoms with Crippen molar-refractivity contribution in [3.63, 3.8) is 0 Å². The number of carbonyl (C=O) groups excluding carboxylic acids is 1. The Morgan fingerprint density at radius 3 is 2.93 bits per heavy atom. The van der Waals surface area contributed by atoms with Crippen molar-refractivity contribution in [2.24, 2.45) is 0 Å². The standard InChI is InChI=1S/C9H6FNO4/c10-4-1-5(9(13)14)8-6(2-4)11-7(12)3-15-8/h1-2H,3H2,(H,11,12)(H,13,14). The molecule has 1 amide bonds. The Hall–Kier alpha value is -2.11. The molecule has 0 fully saturated rings. The first-order valence-corrected chi connectivity index (χ1v) is 4.07. The third-order valence-corrected chi connectivity index (χ3v) is 1.91. The molecule has 1 aromatic carbocycles. The first-order valence-electron chi connectivity index (χ1n) is 4.07. The monoisotopic (exact) mass is 211 g/mol. The number of amides is 1. The summed E-state index contributed by atoms with van der Waals surface area (Å²) in [4.78, 5) is 21.7. The molecule has 0 atom stereocenters. The van der Waals surface area contributed by atoms with Crippen molar-refractivity contribution < 1.29 is 23.8 Å². The van der Waals surface area contributed by atoms with Gasteiger partial charge in [0.05, 0.1) is 5.69 Å². The van der Waals surface area contributed by atoms with Crippen LogP contribution in [0.5, 0.6) is 5.75 Å². The number of halogens is 1. The second kappa shape index (κ2) is 3.23. The number of rotatable bonds is 1. The lowest BCUT2D eigenvalue weighted by atomic mass is 10.1. The van der Waals surface area contributed by atoms with Crippen molar-refractivity contribution in [3.05, 3.63) is 23.5 Å². The van der Waals surface area contributed by atoms with Crippen LogP contribution in [-0.2, 0) is 4.79 Å². The summed E-state index contributed by atoms with van der Waals surface area (Å²) in [6.07, 6.45) is 0. The van der Waals surface area contributed by atoms with E-state index in [1.807, 2.05) is 0 Å². The number of carboxylic acid groups (broad SMARTS) is 1. The molecule has 78 valence electrons. The van der Waals surface area contributed by atoms with E-state index in [0.717, 1.165) is 12.1 Å². The minimum absolute atomic E-state index is 0.0106. The lowest BCUT2D eigenvalue weighted by Crippen LogP contribution is -2.26. The van der Waals surface area contributed by atoms with E-state index in [-0.39, 0.29) is 23.6 Å². The van der Waals surface area contributed by atoms with E-state index in [2.05, 4.69) is 5.32 Å². The fraction of sp³-hybridized carbons (Fsp3) is 0.111. The molecule has 1 aliphatic rings. The molecule has 2 N–H and O–H groups in total. The second-order valence-electron chi connectivity index (χ2n) is 2.97. The van der Waals surface area contributed by atoms with Crippen molar-refractivity contribution >= 4 is 17.6 Å². The van der Waals surface area contributed by atoms with E-state index in [4.69, 9.17) is 9.84 Å². The van der Waals surface area contributed by atoms with Crippen LogP contribution in [0.4, 0.5) is 10.1 Å². The van der Waals surface area contributed by atoms with Crippen molar-refractivity contribution in [1.82, 2.24) is 0 Å². The number of carboxylic acids is 1. The Morgan fingerprint density at radius 2 is 2.27 bits per heavy atom. The molecule has 5 nitrogen and oxygen atoms in total. The van der Waals surface area contributed by atoms with Crippen LogP contribution in [0.15, 0.2) is 12.1 Å². The van der Waals surface area contributed by atoms with Gasteiger partial charge >= 0.3 is 5.97 Å². The van der Waals surface area contributed by atoms with Gasteiger partial charge in [-0.25, -0.2) is 9.18 Å². The van der Waals surface area contributed by atoms with Gasteiger partial charge in [0.1, 0.15) is 11.4 Å². The third-order valence-electron chi connectivity index (χ3n) is 1.91. The molecule has 0 unspecified atom stereocenters. The fourth-order valence-corrected chi connectivity index (χ4v) is 1.32. The lowest BCUT2D eigenvalue weighted by Gasteiger charge is -2.19. The average molecular weight is 211 g/mol. The van der Waals surface area contributed by atoms with Gasteiger partial charge in [0.2, 0.25) is 0 Å². The summed E-state index contributed by atoms with van der Waals surface area (Å²) in [5.74, 6) is -2.49. The Labute approximate surface area is 83.5 Å². The largest absolute Gasteiger partial charge is 0.481 e. The highest BCUT2D eigenvalue weighted by Gasteiger charge is 2.23. The maximum atomic E-state index is 13.0. The molecular weight excluding hydrogens is 205 g/mol. The zero-order valence-corrected chi connectivity index (χ0v) is 7.41. The highest BCUT2D eigenvalue weighted by atomic mass is 19.1. The fourth-order valence-electron chi connectivity index (χ4n) is 1.32. The zero-order chi connectivity index (χ0) is 11.0. The van der Waals surface area contributed by atoms with Crippen LogP contribution in [0.25, 0.3) is 0 Å². The first kappa shape index (κ1) is 9.45. The van der Waals surface area contributed by atoms with E-state index in [0.29, 0.717) is 0 Å². The quantitative estimate of drug-likeness (QED) is 0.722. The van der Waals surface area contributed by atoms with Crippen LogP contribution in [0.1, 0.15) is 10.4 Å². The molecule has 6 heteroatoms. The van der Waals surface area contributed by atoms with Gasteiger partial charge in [0.15, 0.2) is 12.4 Å². The van der Waals surface area contributed by atoms with Crippen LogP contribution in [-0.4, -0.2) is 23.6 Å². The smallest absolute Gasteiger partial charge is 0.339 e. The number of anilines is 1. The van der Waals surface area contributed by atoms with Crippen LogP contribution in [0, 0.1) is 5.82 Å². The van der Waals surface area contributed by atoms with E-state index in [1.54, 1.807) is 0 Å². The number of hydrogen-bond acceptors (Lipinski definition) is 3. The summed E-state index contributed by atoms with van der Waals surface area (Å²) in [5, 5.41) is 11.1. The van der Waals surface area contributed by atoms with Gasteiger partial charge in [-0.3, -0.25) is 4.79 Å². The summed E-state index contributed by atoms with van der Waals surface area (Å²) in [6.45, 7) is -0.265. The van der Waals surface area contributed by atoms with Gasteiger partial charge in [-0.2, -0.15) is 0 Å². The average Bonchev–Trinajstić information content (AvgIpc) is 2.15. The Morgan fingerprint density at radius 1 is 1.53 bits per heavy atom. The first-order chi connectivity index (χ1) is 7.08. The van der Waals surface area contributed by atoms with E-state index < -0.39 is 17.7 Å². The zero-order valence-electron chi connectivity index (χ0n) is 7.41. The Kier molecular flexibility index (Phi) is 2.03. The maximum Gasteiger partial charge on any atom is 0.339 e. The number of aromatic carboxylic acids is 1. The van der Waals surface area contributed by atoms with Gasteiger partial charge in [-0.05, 0) is 6.07 Å². The van der Waals surface area contributed by atoms with Crippen LogP contribution < -0.4 is 10.1 Å². The number of fused-ring (bicyclic) bond motifs is 1. The molecule has 0 saturated heterocycles. The van der Waals surface area contributed by atoms with Gasteiger partial charge < -0.3 is 15.2 Å². The van der Waals surface area contributed by atoms with Crippen molar-refractivity contribution in [3.8, 4) is 5.75 Å². The molecule has 0 radical (unpaired) electrons. The van der Waals surface area contributed by atoms with Gasteiger partial charge in [0, 0.05) is 6.07 Å². The SMILES string of the molecule is O=C1COc2c(cc(F)cc2C(=O)O)N1. The van der Waals surface area contributed by atoms with Crippen molar-refractivity contribution in [1.29, 1.82) is 0 Å². The number of hydrogen-bond donors (Lipinski definition) is 2. The summed E-state index contributed by atoms with van der Waals surface area (Å²) in [7, 11) is 0. The van der Waals surface area contributed by atoms with E-state index >= 15 is 0 Å². The molecule has 15 heavy (non-hydrogen) atoms. The number of benzene rings is 1. The number of ether oxygens (including phenoxy) is 1.